The molecule has 0 fully saturated rings. The van der Waals surface area contributed by atoms with E-state index in [-0.39, 0.29) is 23.7 Å². The molecule has 0 bridgehead atoms. The lowest BCUT2D eigenvalue weighted by Gasteiger charge is -2.22. The molecule has 6 heteroatoms. The number of halogens is 1. The Balaban J connectivity index is 2.09. The Hall–Kier alpha value is -2.24. The highest BCUT2D eigenvalue weighted by Gasteiger charge is 2.19. The van der Waals surface area contributed by atoms with E-state index in [0.717, 1.165) is 0 Å². The van der Waals surface area contributed by atoms with Gasteiger partial charge in [0.2, 0.25) is 0 Å². The van der Waals surface area contributed by atoms with E-state index in [9.17, 15) is 9.18 Å². The highest BCUT2D eigenvalue weighted by atomic mass is 19.1. The predicted octanol–water partition coefficient (Wildman–Crippen LogP) is 2.18. The van der Waals surface area contributed by atoms with Crippen molar-refractivity contribution in [2.24, 2.45) is 5.92 Å². The van der Waals surface area contributed by atoms with E-state index in [0.29, 0.717) is 17.7 Å². The van der Waals surface area contributed by atoms with Crippen molar-refractivity contribution in [1.82, 2.24) is 20.3 Å². The highest BCUT2D eigenvalue weighted by molar-refractivity contribution is 5.94. The summed E-state index contributed by atoms with van der Waals surface area (Å²) in [4.78, 5) is 13.8. The van der Waals surface area contributed by atoms with Crippen molar-refractivity contribution in [3.05, 3.63) is 47.5 Å². The van der Waals surface area contributed by atoms with Gasteiger partial charge in [0.15, 0.2) is 0 Å². The molecule has 0 spiro atoms. The van der Waals surface area contributed by atoms with Gasteiger partial charge < -0.3 is 5.32 Å². The van der Waals surface area contributed by atoms with Gasteiger partial charge in [-0.25, -0.2) is 4.39 Å². The third kappa shape index (κ3) is 3.87. The second-order valence-electron chi connectivity index (χ2n) is 5.37. The van der Waals surface area contributed by atoms with E-state index in [1.54, 1.807) is 31.5 Å². The lowest BCUT2D eigenvalue weighted by molar-refractivity contribution is 0.0917. The fraction of sp³-hybridized carbons (Fsp3) is 0.400. The topological polar surface area (TPSA) is 59.8 Å². The predicted molar refractivity (Wildman–Crippen MR) is 77.3 cm³/mol. The average Bonchev–Trinajstić information content (AvgIpc) is 2.93. The molecule has 21 heavy (non-hydrogen) atoms. The molecule has 0 aliphatic rings. The molecule has 5 nitrogen and oxygen atoms in total. The standard InChI is InChI=1S/C15H19FN4O/c1-10(2)14(9-20-17-6-7-18-20)19-15(21)12-5-4-11(3)13(16)8-12/h4-8,10,14H,9H2,1-3H3,(H,19,21)/t14-/m1/s1. The van der Waals surface area contributed by atoms with Gasteiger partial charge in [0, 0.05) is 5.56 Å². The Labute approximate surface area is 123 Å². The third-order valence-electron chi connectivity index (χ3n) is 3.38. The van der Waals surface area contributed by atoms with Crippen LogP contribution in [-0.2, 0) is 6.54 Å². The van der Waals surface area contributed by atoms with E-state index >= 15 is 0 Å². The lowest BCUT2D eigenvalue weighted by atomic mass is 10.0. The quantitative estimate of drug-likeness (QED) is 0.918. The van der Waals surface area contributed by atoms with Crippen LogP contribution in [0.25, 0.3) is 0 Å². The molecule has 1 aromatic carbocycles. The summed E-state index contributed by atoms with van der Waals surface area (Å²) >= 11 is 0. The number of nitrogens with zero attached hydrogens (tertiary/aromatic N) is 3. The molecule has 1 heterocycles. The minimum atomic E-state index is -0.377. The zero-order valence-electron chi connectivity index (χ0n) is 12.4. The molecule has 2 rings (SSSR count). The second kappa shape index (κ2) is 6.47. The molecule has 2 aromatic rings. The number of nitrogens with one attached hydrogen (secondary N) is 1. The van der Waals surface area contributed by atoms with Crippen molar-refractivity contribution in [2.45, 2.75) is 33.4 Å². The SMILES string of the molecule is Cc1ccc(C(=O)N[C@H](Cn2nccn2)C(C)C)cc1F. The Morgan fingerprint density at radius 2 is 2.00 bits per heavy atom. The number of amides is 1. The van der Waals surface area contributed by atoms with Gasteiger partial charge in [-0.2, -0.15) is 15.0 Å². The van der Waals surface area contributed by atoms with Crippen molar-refractivity contribution in [1.29, 1.82) is 0 Å². The summed E-state index contributed by atoms with van der Waals surface area (Å²) < 4.78 is 13.5. The second-order valence-corrected chi connectivity index (χ2v) is 5.37. The van der Waals surface area contributed by atoms with Crippen molar-refractivity contribution in [3.63, 3.8) is 0 Å². The van der Waals surface area contributed by atoms with Gasteiger partial charge in [0.25, 0.3) is 5.91 Å². The van der Waals surface area contributed by atoms with Gasteiger partial charge in [-0.1, -0.05) is 19.9 Å². The first-order valence-corrected chi connectivity index (χ1v) is 6.88. The van der Waals surface area contributed by atoms with E-state index in [1.807, 2.05) is 13.8 Å². The van der Waals surface area contributed by atoms with Crippen LogP contribution in [0.2, 0.25) is 0 Å². The summed E-state index contributed by atoms with van der Waals surface area (Å²) in [7, 11) is 0. The fourth-order valence-corrected chi connectivity index (χ4v) is 1.92. The maximum absolute atomic E-state index is 13.5. The molecule has 0 saturated heterocycles. The Bertz CT molecular complexity index is 610. The van der Waals surface area contributed by atoms with Crippen molar-refractivity contribution >= 4 is 5.91 Å². The van der Waals surface area contributed by atoms with Crippen LogP contribution in [0.3, 0.4) is 0 Å². The number of carbonyl (C=O) groups excluding carboxylic acids is 1. The molecule has 0 radical (unpaired) electrons. The van der Waals surface area contributed by atoms with Crippen LogP contribution in [0.4, 0.5) is 4.39 Å². The number of carbonyl (C=O) groups is 1. The number of hydrogen-bond donors (Lipinski definition) is 1. The number of benzene rings is 1. The number of aryl methyl sites for hydroxylation is 1. The van der Waals surface area contributed by atoms with Gasteiger partial charge in [-0.15, -0.1) is 0 Å². The van der Waals surface area contributed by atoms with Crippen molar-refractivity contribution in [2.75, 3.05) is 0 Å². The summed E-state index contributed by atoms with van der Waals surface area (Å²) in [5.74, 6) is -0.465. The normalized spacial score (nSPS) is 12.4. The molecule has 1 aromatic heterocycles. The van der Waals surface area contributed by atoms with Gasteiger partial charge in [-0.3, -0.25) is 4.79 Å². The molecule has 0 unspecified atom stereocenters. The monoisotopic (exact) mass is 290 g/mol. The molecule has 112 valence electrons. The zero-order valence-corrected chi connectivity index (χ0v) is 12.4. The van der Waals surface area contributed by atoms with Crippen LogP contribution in [0.1, 0.15) is 29.8 Å². The number of rotatable bonds is 5. The minimum absolute atomic E-state index is 0.130. The Kier molecular flexibility index (Phi) is 4.67. The van der Waals surface area contributed by atoms with Crippen LogP contribution in [0.15, 0.2) is 30.6 Å². The molecule has 1 atom stereocenters. The van der Waals surface area contributed by atoms with E-state index < -0.39 is 0 Å². The first-order valence-electron chi connectivity index (χ1n) is 6.88. The molecule has 0 aliphatic heterocycles. The largest absolute Gasteiger partial charge is 0.347 e. The van der Waals surface area contributed by atoms with Gasteiger partial charge in [0.1, 0.15) is 5.82 Å². The summed E-state index contributed by atoms with van der Waals surface area (Å²) in [6.07, 6.45) is 3.18. The lowest BCUT2D eigenvalue weighted by Crippen LogP contribution is -2.42. The molecular weight excluding hydrogens is 271 g/mol. The third-order valence-corrected chi connectivity index (χ3v) is 3.38. The van der Waals surface area contributed by atoms with Crippen LogP contribution in [-0.4, -0.2) is 26.9 Å². The highest BCUT2D eigenvalue weighted by Crippen LogP contribution is 2.11. The summed E-state index contributed by atoms with van der Waals surface area (Å²) in [6.45, 7) is 6.15. The Morgan fingerprint density at radius 3 is 2.57 bits per heavy atom. The summed E-state index contributed by atoms with van der Waals surface area (Å²) in [5, 5.41) is 11.0. The average molecular weight is 290 g/mol. The molecule has 1 N–H and O–H groups in total. The van der Waals surface area contributed by atoms with E-state index in [2.05, 4.69) is 15.5 Å². The van der Waals surface area contributed by atoms with Crippen molar-refractivity contribution < 1.29 is 9.18 Å². The van der Waals surface area contributed by atoms with Crippen LogP contribution in [0.5, 0.6) is 0 Å². The fourth-order valence-electron chi connectivity index (χ4n) is 1.92. The molecule has 0 saturated carbocycles. The summed E-state index contributed by atoms with van der Waals surface area (Å²) in [6, 6.07) is 4.35. The zero-order chi connectivity index (χ0) is 15.4. The Morgan fingerprint density at radius 1 is 1.33 bits per heavy atom. The number of hydrogen-bond acceptors (Lipinski definition) is 3. The van der Waals surface area contributed by atoms with Gasteiger partial charge in [-0.05, 0) is 30.5 Å². The van der Waals surface area contributed by atoms with Crippen LogP contribution >= 0.6 is 0 Å². The van der Waals surface area contributed by atoms with Crippen LogP contribution < -0.4 is 5.32 Å². The molecular formula is C15H19FN4O. The van der Waals surface area contributed by atoms with E-state index in [4.69, 9.17) is 0 Å². The van der Waals surface area contributed by atoms with Crippen LogP contribution in [0, 0.1) is 18.7 Å². The van der Waals surface area contributed by atoms with E-state index in [1.165, 1.54) is 10.9 Å². The first-order chi connectivity index (χ1) is 9.97. The van der Waals surface area contributed by atoms with Gasteiger partial charge in [0.05, 0.1) is 25.0 Å². The maximum Gasteiger partial charge on any atom is 0.251 e. The number of aromatic nitrogens is 3. The molecule has 1 amide bonds. The van der Waals surface area contributed by atoms with Crippen molar-refractivity contribution in [3.8, 4) is 0 Å². The first kappa shape index (κ1) is 15.2. The maximum atomic E-state index is 13.5. The summed E-state index contributed by atoms with van der Waals surface area (Å²) in [5.41, 5.74) is 0.838. The molecule has 0 aliphatic carbocycles. The minimum Gasteiger partial charge on any atom is -0.347 e. The van der Waals surface area contributed by atoms with Gasteiger partial charge >= 0.3 is 0 Å². The smallest absolute Gasteiger partial charge is 0.251 e.